The van der Waals surface area contributed by atoms with Gasteiger partial charge < -0.3 is 9.47 Å². The molecule has 1 aromatic carbocycles. The van der Waals surface area contributed by atoms with Crippen molar-refractivity contribution in [3.63, 3.8) is 0 Å². The molecule has 17 heavy (non-hydrogen) atoms. The van der Waals surface area contributed by atoms with Crippen LogP contribution in [0.3, 0.4) is 0 Å². The van der Waals surface area contributed by atoms with Crippen molar-refractivity contribution in [3.8, 4) is 5.75 Å². The highest BCUT2D eigenvalue weighted by atomic mass is 16.5. The normalized spacial score (nSPS) is 22.1. The maximum absolute atomic E-state index is 12.3. The second-order valence-electron chi connectivity index (χ2n) is 4.30. The lowest BCUT2D eigenvalue weighted by Gasteiger charge is -2.24. The predicted octanol–water partition coefficient (Wildman–Crippen LogP) is 2.43. The van der Waals surface area contributed by atoms with Crippen LogP contribution in [-0.2, 0) is 9.53 Å². The van der Waals surface area contributed by atoms with E-state index in [-0.39, 0.29) is 11.7 Å². The number of benzene rings is 1. The van der Waals surface area contributed by atoms with Gasteiger partial charge in [0.05, 0.1) is 19.1 Å². The fourth-order valence-electron chi connectivity index (χ4n) is 2.38. The second-order valence-corrected chi connectivity index (χ2v) is 4.30. The summed E-state index contributed by atoms with van der Waals surface area (Å²) < 4.78 is 10.9. The fourth-order valence-corrected chi connectivity index (χ4v) is 2.38. The third-order valence-corrected chi connectivity index (χ3v) is 3.22. The lowest BCUT2D eigenvalue weighted by molar-refractivity contribution is -0.120. The first-order chi connectivity index (χ1) is 8.36. The molecule has 3 rings (SSSR count). The van der Waals surface area contributed by atoms with Gasteiger partial charge in [-0.2, -0.15) is 0 Å². The average molecular weight is 230 g/mol. The lowest BCUT2D eigenvalue weighted by atomic mass is 9.88. The maximum atomic E-state index is 12.3. The van der Waals surface area contributed by atoms with Crippen LogP contribution in [0.2, 0.25) is 0 Å². The van der Waals surface area contributed by atoms with Gasteiger partial charge in [-0.1, -0.05) is 18.2 Å². The molecule has 88 valence electrons. The van der Waals surface area contributed by atoms with Crippen molar-refractivity contribution in [1.29, 1.82) is 0 Å². The number of Topliss-reactive ketones (excluding diaryl/α,β-unsaturated/α-hetero) is 1. The Morgan fingerprint density at radius 1 is 1.18 bits per heavy atom. The first kappa shape index (κ1) is 10.4. The topological polar surface area (TPSA) is 35.5 Å². The highest BCUT2D eigenvalue weighted by molar-refractivity contribution is 5.99. The van der Waals surface area contributed by atoms with Crippen molar-refractivity contribution in [3.05, 3.63) is 41.7 Å². The maximum Gasteiger partial charge on any atom is 0.204 e. The molecule has 1 unspecified atom stereocenters. The number of hydrogen-bond acceptors (Lipinski definition) is 3. The van der Waals surface area contributed by atoms with Crippen LogP contribution in [0.5, 0.6) is 5.75 Å². The van der Waals surface area contributed by atoms with Crippen molar-refractivity contribution in [2.75, 3.05) is 13.2 Å². The van der Waals surface area contributed by atoms with Crippen LogP contribution < -0.4 is 4.74 Å². The van der Waals surface area contributed by atoms with Crippen LogP contribution in [0.25, 0.3) is 0 Å². The molecule has 0 bridgehead atoms. The molecule has 0 spiro atoms. The highest BCUT2D eigenvalue weighted by Crippen LogP contribution is 2.36. The van der Waals surface area contributed by atoms with Gasteiger partial charge in [0.25, 0.3) is 0 Å². The average Bonchev–Trinajstić information content (AvgIpc) is 2.91. The molecule has 2 heterocycles. The Balaban J connectivity index is 1.92. The van der Waals surface area contributed by atoms with Gasteiger partial charge in [0.15, 0.2) is 5.76 Å². The van der Waals surface area contributed by atoms with E-state index < -0.39 is 0 Å². The summed E-state index contributed by atoms with van der Waals surface area (Å²) in [6, 6.07) is 7.75. The van der Waals surface area contributed by atoms with Gasteiger partial charge in [0, 0.05) is 12.0 Å². The molecule has 0 radical (unpaired) electrons. The molecule has 0 aromatic heterocycles. The number of carbonyl (C=O) groups excluding carboxylic acids is 1. The third-order valence-electron chi connectivity index (χ3n) is 3.22. The molecule has 0 amide bonds. The molecular weight excluding hydrogens is 216 g/mol. The molecule has 0 N–H and O–H groups in total. The second kappa shape index (κ2) is 4.24. The number of hydrogen-bond donors (Lipinski definition) is 0. The summed E-state index contributed by atoms with van der Waals surface area (Å²) in [5.41, 5.74) is 0.986. The Morgan fingerprint density at radius 3 is 2.88 bits per heavy atom. The van der Waals surface area contributed by atoms with Crippen LogP contribution >= 0.6 is 0 Å². The van der Waals surface area contributed by atoms with Gasteiger partial charge in [-0.3, -0.25) is 4.79 Å². The Kier molecular flexibility index (Phi) is 2.59. The fraction of sp³-hybridized carbons (Fsp3) is 0.357. The van der Waals surface area contributed by atoms with Crippen LogP contribution in [0.15, 0.2) is 36.1 Å². The highest BCUT2D eigenvalue weighted by Gasteiger charge is 2.31. The van der Waals surface area contributed by atoms with E-state index in [1.807, 2.05) is 30.3 Å². The largest absolute Gasteiger partial charge is 0.493 e. The minimum atomic E-state index is -0.107. The van der Waals surface area contributed by atoms with Crippen molar-refractivity contribution in [1.82, 2.24) is 0 Å². The smallest absolute Gasteiger partial charge is 0.204 e. The standard InChI is InChI=1S/C14H14O3/c15-14(13-6-3-8-16-13)11-7-9-17-12-5-2-1-4-10(11)12/h1-2,4-6,11H,3,7-9H2. The van der Waals surface area contributed by atoms with Gasteiger partial charge in [-0.15, -0.1) is 0 Å². The van der Waals surface area contributed by atoms with Crippen LogP contribution in [0.1, 0.15) is 24.3 Å². The van der Waals surface area contributed by atoms with E-state index in [9.17, 15) is 4.79 Å². The SMILES string of the molecule is O=C(C1=CCCO1)C1CCOc2ccccc21. The number of carbonyl (C=O) groups is 1. The van der Waals surface area contributed by atoms with Crippen molar-refractivity contribution < 1.29 is 14.3 Å². The molecule has 1 atom stereocenters. The van der Waals surface area contributed by atoms with Gasteiger partial charge in [0.2, 0.25) is 5.78 Å². The molecule has 0 saturated carbocycles. The summed E-state index contributed by atoms with van der Waals surface area (Å²) in [5, 5.41) is 0. The number of allylic oxidation sites excluding steroid dienone is 1. The first-order valence-electron chi connectivity index (χ1n) is 5.95. The number of ketones is 1. The minimum Gasteiger partial charge on any atom is -0.493 e. The Bertz CT molecular complexity index is 476. The van der Waals surface area contributed by atoms with Crippen molar-refractivity contribution in [2.45, 2.75) is 18.8 Å². The molecule has 1 aromatic rings. The minimum absolute atomic E-state index is 0.0956. The van der Waals surface area contributed by atoms with Gasteiger partial charge in [-0.25, -0.2) is 0 Å². The third kappa shape index (κ3) is 1.82. The summed E-state index contributed by atoms with van der Waals surface area (Å²) in [5.74, 6) is 1.35. The molecule has 2 aliphatic rings. The molecule has 2 aliphatic heterocycles. The number of rotatable bonds is 2. The molecule has 0 fully saturated rings. The number of ether oxygens (including phenoxy) is 2. The van der Waals surface area contributed by atoms with Gasteiger partial charge >= 0.3 is 0 Å². The van der Waals surface area contributed by atoms with Crippen LogP contribution in [0.4, 0.5) is 0 Å². The van der Waals surface area contributed by atoms with Crippen LogP contribution in [0, 0.1) is 0 Å². The zero-order valence-electron chi connectivity index (χ0n) is 9.52. The van der Waals surface area contributed by atoms with Crippen molar-refractivity contribution >= 4 is 5.78 Å². The van der Waals surface area contributed by atoms with E-state index in [1.165, 1.54) is 0 Å². The molecule has 3 heteroatoms. The summed E-state index contributed by atoms with van der Waals surface area (Å²) in [7, 11) is 0. The zero-order valence-corrected chi connectivity index (χ0v) is 9.52. The van der Waals surface area contributed by atoms with E-state index in [0.717, 1.165) is 24.2 Å². The Morgan fingerprint density at radius 2 is 2.06 bits per heavy atom. The van der Waals surface area contributed by atoms with E-state index in [0.29, 0.717) is 19.0 Å². The first-order valence-corrected chi connectivity index (χ1v) is 5.95. The van der Waals surface area contributed by atoms with E-state index in [1.54, 1.807) is 0 Å². The Labute approximate surface area is 100 Å². The Hall–Kier alpha value is -1.77. The van der Waals surface area contributed by atoms with Crippen LogP contribution in [-0.4, -0.2) is 19.0 Å². The predicted molar refractivity (Wildman–Crippen MR) is 63.0 cm³/mol. The van der Waals surface area contributed by atoms with E-state index in [2.05, 4.69) is 0 Å². The van der Waals surface area contributed by atoms with Gasteiger partial charge in [0.1, 0.15) is 5.75 Å². The molecule has 0 saturated heterocycles. The summed E-state index contributed by atoms with van der Waals surface area (Å²) in [4.78, 5) is 12.3. The lowest BCUT2D eigenvalue weighted by Crippen LogP contribution is -2.22. The summed E-state index contributed by atoms with van der Waals surface area (Å²) in [6.07, 6.45) is 3.46. The number of para-hydroxylation sites is 1. The van der Waals surface area contributed by atoms with Crippen molar-refractivity contribution in [2.24, 2.45) is 0 Å². The summed E-state index contributed by atoms with van der Waals surface area (Å²) >= 11 is 0. The molecular formula is C14H14O3. The van der Waals surface area contributed by atoms with E-state index >= 15 is 0 Å². The molecule has 0 aliphatic carbocycles. The summed E-state index contributed by atoms with van der Waals surface area (Å²) in [6.45, 7) is 1.23. The molecule has 3 nitrogen and oxygen atoms in total. The zero-order chi connectivity index (χ0) is 11.7. The number of fused-ring (bicyclic) bond motifs is 1. The van der Waals surface area contributed by atoms with E-state index in [4.69, 9.17) is 9.47 Å². The van der Waals surface area contributed by atoms with Gasteiger partial charge in [-0.05, 0) is 18.6 Å². The quantitative estimate of drug-likeness (QED) is 0.782. The monoisotopic (exact) mass is 230 g/mol.